The summed E-state index contributed by atoms with van der Waals surface area (Å²) in [6.45, 7) is 3.40. The summed E-state index contributed by atoms with van der Waals surface area (Å²) in [4.78, 5) is 44.6. The Labute approximate surface area is 282 Å². The normalized spacial score (nSPS) is 18.2. The maximum Gasteiger partial charge on any atom is 0.483 e. The summed E-state index contributed by atoms with van der Waals surface area (Å²) in [7, 11) is 0. The van der Waals surface area contributed by atoms with Crippen LogP contribution in [0, 0.1) is 23.5 Å². The molecule has 8 rings (SSSR count). The van der Waals surface area contributed by atoms with E-state index in [9.17, 15) is 18.4 Å². The quantitative estimate of drug-likeness (QED) is 0.190. The second kappa shape index (κ2) is 11.3. The zero-order chi connectivity index (χ0) is 35.1. The SMILES string of the molecule is CC(C)C(c1ncc(F)cn1)N1C(=O)C(F)(F)Oc2cc(-c3c(C(N)=O)c(CC4CC4)nc4c3cnn4C3(c4ccc(F)cn4)CC3)ccc21. The van der Waals surface area contributed by atoms with E-state index in [4.69, 9.17) is 15.5 Å². The number of fused-ring (bicyclic) bond motifs is 2. The van der Waals surface area contributed by atoms with Gasteiger partial charge in [-0.15, -0.1) is 0 Å². The number of rotatable bonds is 9. The van der Waals surface area contributed by atoms with E-state index in [2.05, 4.69) is 20.1 Å². The number of pyridine rings is 2. The average molecular weight is 687 g/mol. The molecule has 2 aliphatic carbocycles. The molecule has 0 bridgehead atoms. The maximum atomic E-state index is 15.4. The van der Waals surface area contributed by atoms with Crippen molar-refractivity contribution in [3.8, 4) is 16.9 Å². The minimum Gasteiger partial charge on any atom is -0.423 e. The lowest BCUT2D eigenvalue weighted by Crippen LogP contribution is -2.53. The second-order valence-electron chi connectivity index (χ2n) is 13.4. The number of carbonyl (C=O) groups excluding carboxylic acids is 2. The third-order valence-corrected chi connectivity index (χ3v) is 9.58. The molecule has 2 saturated carbocycles. The van der Waals surface area contributed by atoms with Crippen molar-refractivity contribution in [2.75, 3.05) is 4.90 Å². The van der Waals surface area contributed by atoms with Crippen LogP contribution in [0.15, 0.2) is 55.1 Å². The predicted octanol–water partition coefficient (Wildman–Crippen LogP) is 5.87. The van der Waals surface area contributed by atoms with E-state index in [0.717, 1.165) is 36.3 Å². The number of ether oxygens (including phenoxy) is 1. The Morgan fingerprint density at radius 3 is 2.36 bits per heavy atom. The number of carbonyl (C=O) groups is 2. The molecule has 0 saturated heterocycles. The molecule has 11 nitrogen and oxygen atoms in total. The fraction of sp³-hybridized carbons (Fsp3) is 0.343. The Balaban J connectivity index is 1.32. The number of benzene rings is 1. The molecule has 1 aliphatic heterocycles. The summed E-state index contributed by atoms with van der Waals surface area (Å²) in [5.74, 6) is -4.14. The largest absolute Gasteiger partial charge is 0.483 e. The van der Waals surface area contributed by atoms with Gasteiger partial charge in [-0.1, -0.05) is 19.9 Å². The molecule has 1 aromatic carbocycles. The highest BCUT2D eigenvalue weighted by Gasteiger charge is 2.54. The van der Waals surface area contributed by atoms with E-state index in [1.165, 1.54) is 18.2 Å². The lowest BCUT2D eigenvalue weighted by Gasteiger charge is -2.39. The third-order valence-electron chi connectivity index (χ3n) is 9.58. The zero-order valence-corrected chi connectivity index (χ0v) is 26.9. The Hall–Kier alpha value is -5.47. The summed E-state index contributed by atoms with van der Waals surface area (Å²) >= 11 is 0. The maximum absolute atomic E-state index is 15.4. The van der Waals surface area contributed by atoms with Gasteiger partial charge in [0.05, 0.1) is 53.5 Å². The second-order valence-corrected chi connectivity index (χ2v) is 13.4. The van der Waals surface area contributed by atoms with Crippen molar-refractivity contribution < 1.29 is 31.9 Å². The molecule has 3 aliphatic rings. The Morgan fingerprint density at radius 1 is 1.02 bits per heavy atom. The summed E-state index contributed by atoms with van der Waals surface area (Å²) in [5.41, 5.74) is 7.58. The number of alkyl halides is 2. The van der Waals surface area contributed by atoms with Gasteiger partial charge in [-0.25, -0.2) is 28.4 Å². The Morgan fingerprint density at radius 2 is 1.74 bits per heavy atom. The van der Waals surface area contributed by atoms with Crippen LogP contribution < -0.4 is 15.4 Å². The van der Waals surface area contributed by atoms with E-state index < -0.39 is 47.1 Å². The molecule has 1 unspecified atom stereocenters. The van der Waals surface area contributed by atoms with Gasteiger partial charge in [0, 0.05) is 10.9 Å². The van der Waals surface area contributed by atoms with Crippen LogP contribution >= 0.6 is 0 Å². The highest BCUT2D eigenvalue weighted by Crippen LogP contribution is 2.51. The van der Waals surface area contributed by atoms with E-state index in [-0.39, 0.29) is 22.8 Å². The zero-order valence-electron chi connectivity index (χ0n) is 26.9. The molecule has 4 aromatic heterocycles. The van der Waals surface area contributed by atoms with Gasteiger partial charge in [-0.3, -0.25) is 19.5 Å². The van der Waals surface area contributed by atoms with Crippen molar-refractivity contribution in [2.24, 2.45) is 17.6 Å². The lowest BCUT2D eigenvalue weighted by atomic mass is 9.92. The fourth-order valence-electron chi connectivity index (χ4n) is 6.90. The summed E-state index contributed by atoms with van der Waals surface area (Å²) in [6.07, 6.45) is 3.92. The number of hydrogen-bond donors (Lipinski definition) is 1. The first-order valence-electron chi connectivity index (χ1n) is 16.2. The standard InChI is InChI=1S/C35H30F4N8O3/c1-17(2)29(31-42-14-21(37)15-43-31)46-24-7-5-19(12-25(24)50-35(38,39)33(46)49)27-22-16-44-47(34(9-10-34)26-8-6-20(36)13-41-26)32(22)45-23(11-18-3-4-18)28(27)30(40)48/h5-8,12-18,29H,3-4,9-11H2,1-2H3,(H2,40,48). The first kappa shape index (κ1) is 31.8. The fourth-order valence-corrected chi connectivity index (χ4v) is 6.90. The highest BCUT2D eigenvalue weighted by atomic mass is 19.3. The van der Waals surface area contributed by atoms with Crippen LogP contribution in [-0.2, 0) is 16.8 Å². The summed E-state index contributed by atoms with van der Waals surface area (Å²) < 4.78 is 65.1. The van der Waals surface area contributed by atoms with Gasteiger partial charge in [0.25, 0.3) is 5.91 Å². The van der Waals surface area contributed by atoms with Crippen molar-refractivity contribution >= 4 is 28.5 Å². The van der Waals surface area contributed by atoms with Gasteiger partial charge in [-0.05, 0) is 73.8 Å². The monoisotopic (exact) mass is 686 g/mol. The van der Waals surface area contributed by atoms with Gasteiger partial charge in [0.1, 0.15) is 11.4 Å². The molecule has 5 aromatic rings. The molecule has 2 N–H and O–H groups in total. The lowest BCUT2D eigenvalue weighted by molar-refractivity contribution is -0.193. The first-order valence-corrected chi connectivity index (χ1v) is 16.2. The minimum atomic E-state index is -4.28. The molecule has 0 spiro atoms. The number of amides is 2. The number of aromatic nitrogens is 6. The van der Waals surface area contributed by atoms with E-state index in [0.29, 0.717) is 58.7 Å². The topological polar surface area (TPSA) is 142 Å². The Kier molecular flexibility index (Phi) is 7.17. The molecule has 0 radical (unpaired) electrons. The van der Waals surface area contributed by atoms with Gasteiger partial charge in [0.2, 0.25) is 0 Å². The third kappa shape index (κ3) is 5.13. The van der Waals surface area contributed by atoms with Crippen LogP contribution in [-0.4, -0.2) is 47.6 Å². The molecular formula is C35H30F4N8O3. The van der Waals surface area contributed by atoms with Crippen LogP contribution in [0.2, 0.25) is 0 Å². The van der Waals surface area contributed by atoms with E-state index in [1.807, 2.05) is 0 Å². The summed E-state index contributed by atoms with van der Waals surface area (Å²) in [6, 6.07) is 6.20. The van der Waals surface area contributed by atoms with E-state index >= 15 is 8.78 Å². The molecule has 2 fully saturated rings. The van der Waals surface area contributed by atoms with Crippen LogP contribution in [0.25, 0.3) is 22.2 Å². The predicted molar refractivity (Wildman–Crippen MR) is 171 cm³/mol. The van der Waals surface area contributed by atoms with Crippen molar-refractivity contribution in [2.45, 2.75) is 63.6 Å². The van der Waals surface area contributed by atoms with E-state index in [1.54, 1.807) is 36.9 Å². The molecule has 256 valence electrons. The number of nitrogens with two attached hydrogens (primary N) is 1. The van der Waals surface area contributed by atoms with Crippen LogP contribution in [0.1, 0.15) is 73.1 Å². The van der Waals surface area contributed by atoms with Crippen molar-refractivity contribution in [1.29, 1.82) is 0 Å². The smallest absolute Gasteiger partial charge is 0.423 e. The number of halogens is 4. The molecule has 50 heavy (non-hydrogen) atoms. The molecular weight excluding hydrogens is 656 g/mol. The minimum absolute atomic E-state index is 0.00967. The molecule has 2 amide bonds. The molecule has 5 heterocycles. The van der Waals surface area contributed by atoms with Crippen LogP contribution in [0.4, 0.5) is 23.2 Å². The number of primary amides is 1. The Bertz CT molecular complexity index is 2180. The van der Waals surface area contributed by atoms with Gasteiger partial charge in [-0.2, -0.15) is 13.9 Å². The molecule has 15 heteroatoms. The van der Waals surface area contributed by atoms with Gasteiger partial charge < -0.3 is 10.5 Å². The number of hydrogen-bond acceptors (Lipinski definition) is 8. The molecule has 1 atom stereocenters. The number of anilines is 1. The van der Waals surface area contributed by atoms with Gasteiger partial charge >= 0.3 is 12.0 Å². The van der Waals surface area contributed by atoms with Crippen molar-refractivity contribution in [3.63, 3.8) is 0 Å². The van der Waals surface area contributed by atoms with Crippen LogP contribution in [0.5, 0.6) is 5.75 Å². The highest BCUT2D eigenvalue weighted by molar-refractivity contribution is 6.09. The summed E-state index contributed by atoms with van der Waals surface area (Å²) in [5, 5.41) is 5.12. The number of nitrogens with zero attached hydrogens (tertiary/aromatic N) is 7. The average Bonchev–Trinajstić information content (AvgIpc) is 4.01. The van der Waals surface area contributed by atoms with Gasteiger partial charge in [0.15, 0.2) is 23.0 Å². The van der Waals surface area contributed by atoms with Crippen LogP contribution in [0.3, 0.4) is 0 Å². The first-order chi connectivity index (χ1) is 23.9. The van der Waals surface area contributed by atoms with Crippen molar-refractivity contribution in [3.05, 3.63) is 89.5 Å². The van der Waals surface area contributed by atoms with Crippen molar-refractivity contribution in [1.82, 2.24) is 29.7 Å².